The second kappa shape index (κ2) is 14.5. The van der Waals surface area contributed by atoms with Crippen molar-refractivity contribution in [3.05, 3.63) is 63.7 Å². The Kier molecular flexibility index (Phi) is 10.4. The smallest absolute Gasteiger partial charge is 0.257 e. The minimum Gasteiger partial charge on any atom is -0.380 e. The third kappa shape index (κ3) is 7.54. The molecule has 2 aliphatic heterocycles. The highest BCUT2D eigenvalue weighted by Gasteiger charge is 2.40. The van der Waals surface area contributed by atoms with Crippen LogP contribution >= 0.6 is 22.9 Å². The molecule has 6 rings (SSSR count). The van der Waals surface area contributed by atoms with Crippen LogP contribution in [0, 0.1) is 11.7 Å². The first-order chi connectivity index (χ1) is 21.8. The number of anilines is 1. The molecule has 2 aromatic carbocycles. The van der Waals surface area contributed by atoms with E-state index >= 15 is 4.39 Å². The van der Waals surface area contributed by atoms with E-state index in [1.807, 2.05) is 29.2 Å². The number of rotatable bonds is 9. The average molecular weight is 656 g/mol. The molecule has 3 aliphatic rings. The summed E-state index contributed by atoms with van der Waals surface area (Å²) in [5.41, 5.74) is 0.903. The molecule has 0 radical (unpaired) electrons. The molecule has 10 heteroatoms. The third-order valence-electron chi connectivity index (χ3n) is 9.91. The van der Waals surface area contributed by atoms with Crippen LogP contribution in [-0.4, -0.2) is 79.3 Å². The highest BCUT2D eigenvalue weighted by atomic mass is 35.5. The van der Waals surface area contributed by atoms with Gasteiger partial charge >= 0.3 is 0 Å². The van der Waals surface area contributed by atoms with E-state index in [9.17, 15) is 9.59 Å². The fraction of sp³-hybridized carbons (Fsp3) is 0.543. The lowest BCUT2D eigenvalue weighted by molar-refractivity contribution is -0.133. The molecule has 1 aliphatic carbocycles. The van der Waals surface area contributed by atoms with Crippen LogP contribution in [-0.2, 0) is 20.7 Å². The number of benzene rings is 2. The Morgan fingerprint density at radius 1 is 1.09 bits per heavy atom. The van der Waals surface area contributed by atoms with Crippen LogP contribution < -0.4 is 5.32 Å². The quantitative estimate of drug-likeness (QED) is 0.265. The number of amides is 2. The van der Waals surface area contributed by atoms with Gasteiger partial charge < -0.3 is 19.7 Å². The van der Waals surface area contributed by atoms with Gasteiger partial charge in [0, 0.05) is 41.7 Å². The first-order valence-corrected chi connectivity index (χ1v) is 17.5. The number of carbonyl (C=O) groups is 2. The Bertz CT molecular complexity index is 1510. The maximum Gasteiger partial charge on any atom is 0.257 e. The van der Waals surface area contributed by atoms with Crippen LogP contribution in [0.15, 0.2) is 41.8 Å². The number of thiophene rings is 1. The molecule has 2 saturated heterocycles. The highest BCUT2D eigenvalue weighted by Crippen LogP contribution is 2.32. The normalized spacial score (nSPS) is 26.0. The zero-order valence-electron chi connectivity index (χ0n) is 26.1. The Balaban J connectivity index is 1.14. The van der Waals surface area contributed by atoms with Crippen molar-refractivity contribution in [3.8, 4) is 0 Å². The van der Waals surface area contributed by atoms with Crippen LogP contribution in [0.1, 0.15) is 67.8 Å². The van der Waals surface area contributed by atoms with E-state index in [0.717, 1.165) is 61.2 Å². The van der Waals surface area contributed by atoms with Crippen molar-refractivity contribution in [2.24, 2.45) is 5.92 Å². The molecule has 3 aromatic rings. The van der Waals surface area contributed by atoms with Gasteiger partial charge in [-0.3, -0.25) is 14.5 Å². The second-order valence-corrected chi connectivity index (χ2v) is 14.3. The zero-order chi connectivity index (χ0) is 31.5. The summed E-state index contributed by atoms with van der Waals surface area (Å²) >= 11 is 8.03. The summed E-state index contributed by atoms with van der Waals surface area (Å²) in [4.78, 5) is 31.2. The zero-order valence-corrected chi connectivity index (χ0v) is 27.7. The van der Waals surface area contributed by atoms with Gasteiger partial charge in [0.25, 0.3) is 5.91 Å². The SMILES string of the molecule is CO[C@@H]1CCCN([C@H]2C[C@@H](COC3CCC(C)CC3)N(C(=O)Cc3cc(Cl)c(NC(=O)c4csc5ccccc45)cc3F)C2)C1. The lowest BCUT2D eigenvalue weighted by Gasteiger charge is -2.36. The predicted molar refractivity (Wildman–Crippen MR) is 178 cm³/mol. The van der Waals surface area contributed by atoms with E-state index in [0.29, 0.717) is 18.7 Å². The van der Waals surface area contributed by atoms with E-state index in [1.165, 1.54) is 36.3 Å². The molecule has 1 N–H and O–H groups in total. The van der Waals surface area contributed by atoms with Crippen molar-refractivity contribution in [1.29, 1.82) is 0 Å². The van der Waals surface area contributed by atoms with Crippen molar-refractivity contribution in [2.45, 2.75) is 82.6 Å². The Morgan fingerprint density at radius 3 is 2.69 bits per heavy atom. The number of nitrogens with one attached hydrogen (secondary N) is 1. The van der Waals surface area contributed by atoms with Crippen molar-refractivity contribution in [1.82, 2.24) is 9.80 Å². The Hall–Kier alpha value is -2.56. The van der Waals surface area contributed by atoms with Crippen LogP contribution in [0.25, 0.3) is 10.1 Å². The lowest BCUT2D eigenvalue weighted by Crippen LogP contribution is -2.46. The van der Waals surface area contributed by atoms with Crippen LogP contribution in [0.2, 0.25) is 5.02 Å². The maximum absolute atomic E-state index is 15.5. The van der Waals surface area contributed by atoms with Crippen LogP contribution in [0.5, 0.6) is 0 Å². The first kappa shape index (κ1) is 32.4. The number of nitrogens with zero attached hydrogens (tertiary/aromatic N) is 2. The molecular formula is C35H43ClFN3O4S. The molecule has 7 nitrogen and oxygen atoms in total. The lowest BCUT2D eigenvalue weighted by atomic mass is 9.89. The molecule has 0 bridgehead atoms. The number of piperidine rings is 1. The number of fused-ring (bicyclic) bond motifs is 1. The van der Waals surface area contributed by atoms with Gasteiger partial charge in [-0.15, -0.1) is 11.3 Å². The largest absolute Gasteiger partial charge is 0.380 e. The second-order valence-electron chi connectivity index (χ2n) is 13.0. The van der Waals surface area contributed by atoms with E-state index in [-0.39, 0.29) is 58.8 Å². The molecule has 1 saturated carbocycles. The molecule has 3 atom stereocenters. The van der Waals surface area contributed by atoms with Crippen LogP contribution in [0.4, 0.5) is 10.1 Å². The fourth-order valence-corrected chi connectivity index (χ4v) is 8.35. The number of methoxy groups -OCH3 is 1. The average Bonchev–Trinajstić information content (AvgIpc) is 3.68. The van der Waals surface area contributed by atoms with Crippen molar-refractivity contribution < 1.29 is 23.5 Å². The molecule has 45 heavy (non-hydrogen) atoms. The number of likely N-dealkylation sites (tertiary alicyclic amines) is 2. The number of halogens is 2. The molecule has 242 valence electrons. The molecule has 3 fully saturated rings. The number of hydrogen-bond acceptors (Lipinski definition) is 6. The van der Waals surface area contributed by atoms with Crippen molar-refractivity contribution >= 4 is 50.5 Å². The Labute approximate surface area is 274 Å². The van der Waals surface area contributed by atoms with Crippen molar-refractivity contribution in [3.63, 3.8) is 0 Å². The number of carbonyl (C=O) groups excluding carboxylic acids is 2. The Morgan fingerprint density at radius 2 is 1.89 bits per heavy atom. The van der Waals surface area contributed by atoms with Gasteiger partial charge in [-0.2, -0.15) is 0 Å². The summed E-state index contributed by atoms with van der Waals surface area (Å²) in [6, 6.07) is 10.5. The minimum absolute atomic E-state index is 0.0673. The maximum atomic E-state index is 15.5. The van der Waals surface area contributed by atoms with Crippen LogP contribution in [0.3, 0.4) is 0 Å². The van der Waals surface area contributed by atoms with Gasteiger partial charge in [-0.1, -0.05) is 36.7 Å². The molecular weight excluding hydrogens is 613 g/mol. The summed E-state index contributed by atoms with van der Waals surface area (Å²) in [6.45, 7) is 5.22. The minimum atomic E-state index is -0.572. The van der Waals surface area contributed by atoms with E-state index in [2.05, 4.69) is 17.1 Å². The summed E-state index contributed by atoms with van der Waals surface area (Å²) in [6.07, 6.45) is 7.74. The molecule has 0 spiro atoms. The van der Waals surface area contributed by atoms with Gasteiger partial charge in [0.2, 0.25) is 5.91 Å². The molecule has 0 unspecified atom stereocenters. The van der Waals surface area contributed by atoms with Crippen molar-refractivity contribution in [2.75, 3.05) is 38.7 Å². The monoisotopic (exact) mass is 655 g/mol. The topological polar surface area (TPSA) is 71.1 Å². The van der Waals surface area contributed by atoms with Gasteiger partial charge in [-0.25, -0.2) is 4.39 Å². The third-order valence-corrected chi connectivity index (χ3v) is 11.2. The van der Waals surface area contributed by atoms with Gasteiger partial charge in [0.05, 0.1) is 47.6 Å². The predicted octanol–water partition coefficient (Wildman–Crippen LogP) is 7.16. The van der Waals surface area contributed by atoms with Gasteiger partial charge in [-0.05, 0) is 81.2 Å². The first-order valence-electron chi connectivity index (χ1n) is 16.2. The van der Waals surface area contributed by atoms with E-state index in [4.69, 9.17) is 21.1 Å². The summed E-state index contributed by atoms with van der Waals surface area (Å²) in [7, 11) is 1.76. The summed E-state index contributed by atoms with van der Waals surface area (Å²) < 4.78 is 28.5. The van der Waals surface area contributed by atoms with E-state index < -0.39 is 5.82 Å². The van der Waals surface area contributed by atoms with E-state index in [1.54, 1.807) is 12.5 Å². The van der Waals surface area contributed by atoms with Gasteiger partial charge in [0.1, 0.15) is 5.82 Å². The number of ether oxygens (including phenoxy) is 2. The molecule has 1 aromatic heterocycles. The number of hydrogen-bond donors (Lipinski definition) is 1. The van der Waals surface area contributed by atoms with Gasteiger partial charge in [0.15, 0.2) is 0 Å². The summed E-state index contributed by atoms with van der Waals surface area (Å²) in [5, 5.41) is 5.57. The molecule has 3 heterocycles. The standard InChI is InChI=1S/C35H43ClFN3O4S/c1-22-9-11-26(12-10-22)44-20-25-16-24(39-13-5-6-27(19-39)43-2)18-40(25)34(41)15-23-14-30(36)32(17-31(23)37)38-35(42)29-21-45-33-8-4-3-7-28(29)33/h3-4,7-8,14,17,21-22,24-27H,5-6,9-13,15-16,18-20H2,1-2H3,(H,38,42)/t22?,24-,25-,26?,27+/m0/s1. The highest BCUT2D eigenvalue weighted by molar-refractivity contribution is 7.17. The summed E-state index contributed by atoms with van der Waals surface area (Å²) in [5.74, 6) is -0.329. The fourth-order valence-electron chi connectivity index (χ4n) is 7.18. The molecule has 2 amide bonds.